The zero-order valence-corrected chi connectivity index (χ0v) is 16.9. The molecule has 0 aliphatic rings. The number of aromatic nitrogens is 2. The molecule has 4 aromatic rings. The molecule has 0 saturated heterocycles. The Labute approximate surface area is 173 Å². The van der Waals surface area contributed by atoms with Crippen molar-refractivity contribution in [2.45, 2.75) is 13.0 Å². The van der Waals surface area contributed by atoms with E-state index in [1.54, 1.807) is 6.20 Å². The summed E-state index contributed by atoms with van der Waals surface area (Å²) < 4.78 is 0. The highest BCUT2D eigenvalue weighted by Crippen LogP contribution is 2.29. The monoisotopic (exact) mass is 405 g/mol. The lowest BCUT2D eigenvalue weighted by atomic mass is 10.1. The van der Waals surface area contributed by atoms with Crippen LogP contribution >= 0.6 is 11.3 Å². The van der Waals surface area contributed by atoms with E-state index in [-0.39, 0.29) is 11.9 Å². The molecule has 0 saturated carbocycles. The first-order valence-electron chi connectivity index (χ1n) is 9.55. The van der Waals surface area contributed by atoms with Crippen LogP contribution in [0.2, 0.25) is 0 Å². The molecule has 29 heavy (non-hydrogen) atoms. The van der Waals surface area contributed by atoms with Gasteiger partial charge >= 0.3 is 0 Å². The Balaban J connectivity index is 1.33. The summed E-state index contributed by atoms with van der Waals surface area (Å²) in [7, 11) is 0. The van der Waals surface area contributed by atoms with Crippen molar-refractivity contribution in [1.29, 1.82) is 0 Å². The van der Waals surface area contributed by atoms with E-state index in [2.05, 4.69) is 45.0 Å². The molecular formula is C22H23N5OS. The van der Waals surface area contributed by atoms with Crippen molar-refractivity contribution in [3.8, 4) is 0 Å². The summed E-state index contributed by atoms with van der Waals surface area (Å²) in [6.07, 6.45) is 3.60. The van der Waals surface area contributed by atoms with Gasteiger partial charge in [-0.2, -0.15) is 0 Å². The zero-order valence-electron chi connectivity index (χ0n) is 16.1. The Kier molecular flexibility index (Phi) is 5.88. The number of pyridine rings is 1. The van der Waals surface area contributed by atoms with Crippen molar-refractivity contribution in [1.82, 2.24) is 20.6 Å². The van der Waals surface area contributed by atoms with E-state index >= 15 is 0 Å². The maximum Gasteiger partial charge on any atom is 0.263 e. The predicted octanol–water partition coefficient (Wildman–Crippen LogP) is 4.45. The summed E-state index contributed by atoms with van der Waals surface area (Å²) in [4.78, 5) is 20.7. The molecule has 1 aromatic carbocycles. The maximum absolute atomic E-state index is 12.7. The first kappa shape index (κ1) is 19.2. The van der Waals surface area contributed by atoms with Gasteiger partial charge in [-0.05, 0) is 36.1 Å². The van der Waals surface area contributed by atoms with Gasteiger partial charge in [0.1, 0.15) is 10.5 Å². The van der Waals surface area contributed by atoms with E-state index in [1.807, 2.05) is 48.0 Å². The van der Waals surface area contributed by atoms with Crippen molar-refractivity contribution in [3.05, 3.63) is 76.7 Å². The second-order valence-corrected chi connectivity index (χ2v) is 7.65. The molecule has 0 fully saturated rings. The topological polar surface area (TPSA) is 81.8 Å². The highest BCUT2D eigenvalue weighted by Gasteiger charge is 2.14. The molecule has 4 rings (SSSR count). The van der Waals surface area contributed by atoms with Crippen LogP contribution in [0.5, 0.6) is 0 Å². The lowest BCUT2D eigenvalue weighted by Gasteiger charge is -2.14. The molecule has 6 nitrogen and oxygen atoms in total. The van der Waals surface area contributed by atoms with Gasteiger partial charge in [0.05, 0.1) is 11.4 Å². The number of nitrogens with one attached hydrogen (secondary N) is 4. The Morgan fingerprint density at radius 3 is 2.83 bits per heavy atom. The largest absolute Gasteiger partial charge is 0.354 e. The number of thiophene rings is 1. The molecule has 148 valence electrons. The van der Waals surface area contributed by atoms with Crippen molar-refractivity contribution < 1.29 is 4.79 Å². The number of rotatable bonds is 8. The lowest BCUT2D eigenvalue weighted by molar-refractivity contribution is 0.0958. The number of aromatic amines is 1. The minimum atomic E-state index is -0.0731. The van der Waals surface area contributed by atoms with E-state index < -0.39 is 0 Å². The van der Waals surface area contributed by atoms with Gasteiger partial charge in [-0.25, -0.2) is 4.98 Å². The number of carbonyl (C=O) groups excluding carboxylic acids is 1. The van der Waals surface area contributed by atoms with Crippen LogP contribution in [0.25, 0.3) is 11.0 Å². The predicted molar refractivity (Wildman–Crippen MR) is 119 cm³/mol. The summed E-state index contributed by atoms with van der Waals surface area (Å²) in [6, 6.07) is 16.3. The minimum Gasteiger partial charge on any atom is -0.354 e. The quantitative estimate of drug-likeness (QED) is 0.327. The molecule has 1 unspecified atom stereocenters. The third kappa shape index (κ3) is 4.47. The molecule has 1 amide bonds. The summed E-state index contributed by atoms with van der Waals surface area (Å²) in [5, 5.41) is 12.7. The van der Waals surface area contributed by atoms with Crippen molar-refractivity contribution in [2.75, 3.05) is 18.4 Å². The van der Waals surface area contributed by atoms with Crippen LogP contribution in [0.3, 0.4) is 0 Å². The molecule has 0 bridgehead atoms. The number of hydrogen-bond donors (Lipinski definition) is 4. The normalized spacial score (nSPS) is 12.0. The molecule has 0 aliphatic heterocycles. The number of carbonyl (C=O) groups is 1. The van der Waals surface area contributed by atoms with E-state index in [1.165, 1.54) is 16.9 Å². The van der Waals surface area contributed by atoms with Crippen molar-refractivity contribution >= 4 is 39.7 Å². The SMILES string of the molecule is CC(NCCNC(=O)c1sccc1Nc1ccnc2[nH]ccc12)c1ccccc1. The Bertz CT molecular complexity index is 1090. The number of nitrogens with zero attached hydrogens (tertiary/aromatic N) is 1. The van der Waals surface area contributed by atoms with Crippen molar-refractivity contribution in [2.24, 2.45) is 0 Å². The Hall–Kier alpha value is -3.16. The second-order valence-electron chi connectivity index (χ2n) is 6.73. The van der Waals surface area contributed by atoms with Gasteiger partial charge in [0, 0.05) is 36.9 Å². The highest BCUT2D eigenvalue weighted by molar-refractivity contribution is 7.12. The van der Waals surface area contributed by atoms with Gasteiger partial charge in [0.15, 0.2) is 0 Å². The first-order chi connectivity index (χ1) is 14.2. The second kappa shape index (κ2) is 8.89. The average molecular weight is 406 g/mol. The van der Waals surface area contributed by atoms with Crippen LogP contribution in [-0.2, 0) is 0 Å². The third-order valence-electron chi connectivity index (χ3n) is 4.76. The smallest absolute Gasteiger partial charge is 0.263 e. The number of anilines is 2. The fourth-order valence-corrected chi connectivity index (χ4v) is 3.97. The average Bonchev–Trinajstić information content (AvgIpc) is 3.41. The standard InChI is InChI=1S/C22H23N5OS/c1-15(16-5-3-2-4-6-16)23-12-13-26-22(28)20-19(9-14-29-20)27-18-8-11-25-21-17(18)7-10-24-21/h2-11,14-15,23H,12-13H2,1H3,(H,26,28)(H2,24,25,27). The molecule has 0 spiro atoms. The summed E-state index contributed by atoms with van der Waals surface area (Å²) in [5.74, 6) is -0.0731. The highest BCUT2D eigenvalue weighted by atomic mass is 32.1. The number of amides is 1. The molecule has 3 heterocycles. The van der Waals surface area contributed by atoms with Crippen molar-refractivity contribution in [3.63, 3.8) is 0 Å². The fraction of sp³-hybridized carbons (Fsp3) is 0.182. The Morgan fingerprint density at radius 1 is 1.10 bits per heavy atom. The third-order valence-corrected chi connectivity index (χ3v) is 5.67. The summed E-state index contributed by atoms with van der Waals surface area (Å²) >= 11 is 1.43. The van der Waals surface area contributed by atoms with Gasteiger partial charge in [-0.15, -0.1) is 11.3 Å². The van der Waals surface area contributed by atoms with Crippen LogP contribution in [0, 0.1) is 0 Å². The van der Waals surface area contributed by atoms with Crippen LogP contribution < -0.4 is 16.0 Å². The molecular weight excluding hydrogens is 382 g/mol. The summed E-state index contributed by atoms with van der Waals surface area (Å²) in [5.41, 5.74) is 3.76. The van der Waals surface area contributed by atoms with Gasteiger partial charge < -0.3 is 20.9 Å². The van der Waals surface area contributed by atoms with Gasteiger partial charge in [-0.1, -0.05) is 30.3 Å². The van der Waals surface area contributed by atoms with Crippen LogP contribution in [0.15, 0.2) is 66.3 Å². The Morgan fingerprint density at radius 2 is 1.97 bits per heavy atom. The molecule has 0 radical (unpaired) electrons. The molecule has 3 aromatic heterocycles. The van der Waals surface area contributed by atoms with E-state index in [4.69, 9.17) is 0 Å². The molecule has 1 atom stereocenters. The van der Waals surface area contributed by atoms with Gasteiger partial charge in [0.25, 0.3) is 5.91 Å². The van der Waals surface area contributed by atoms with Gasteiger partial charge in [-0.3, -0.25) is 4.79 Å². The zero-order chi connectivity index (χ0) is 20.1. The molecule has 0 aliphatic carbocycles. The van der Waals surface area contributed by atoms with E-state index in [0.717, 1.165) is 22.4 Å². The van der Waals surface area contributed by atoms with E-state index in [9.17, 15) is 4.79 Å². The van der Waals surface area contributed by atoms with Crippen LogP contribution in [-0.4, -0.2) is 29.0 Å². The number of hydrogen-bond acceptors (Lipinski definition) is 5. The number of benzene rings is 1. The van der Waals surface area contributed by atoms with Crippen LogP contribution in [0.4, 0.5) is 11.4 Å². The minimum absolute atomic E-state index is 0.0731. The fourth-order valence-electron chi connectivity index (χ4n) is 3.20. The maximum atomic E-state index is 12.7. The number of H-pyrrole nitrogens is 1. The molecule has 7 heteroatoms. The number of fused-ring (bicyclic) bond motifs is 1. The molecule has 4 N–H and O–H groups in total. The first-order valence-corrected chi connectivity index (χ1v) is 10.4. The van der Waals surface area contributed by atoms with E-state index in [0.29, 0.717) is 18.0 Å². The lowest BCUT2D eigenvalue weighted by Crippen LogP contribution is -2.32. The van der Waals surface area contributed by atoms with Crippen LogP contribution in [0.1, 0.15) is 28.2 Å². The summed E-state index contributed by atoms with van der Waals surface area (Å²) in [6.45, 7) is 3.38. The van der Waals surface area contributed by atoms with Gasteiger partial charge in [0.2, 0.25) is 0 Å².